The van der Waals surface area contributed by atoms with Crippen LogP contribution in [0, 0.1) is 0 Å². The molecule has 0 bridgehead atoms. The fourth-order valence-electron chi connectivity index (χ4n) is 0.773. The fourth-order valence-corrected chi connectivity index (χ4v) is 0.773. The summed E-state index contributed by atoms with van der Waals surface area (Å²) < 4.78 is 0. The van der Waals surface area contributed by atoms with Crippen LogP contribution in [0.15, 0.2) is 24.4 Å². The Morgan fingerprint density at radius 2 is 2.31 bits per heavy atom. The molecule has 1 aromatic heterocycles. The van der Waals surface area contributed by atoms with Crippen LogP contribution in [-0.2, 0) is 4.79 Å². The zero-order chi connectivity index (χ0) is 8.81. The van der Waals surface area contributed by atoms with Gasteiger partial charge in [-0.3, -0.25) is 4.79 Å². The van der Waals surface area contributed by atoms with E-state index in [1.165, 1.54) is 0 Å². The topological polar surface area (TPSA) is 68.0 Å². The molecule has 0 atom stereocenters. The van der Waals surface area contributed by atoms with Crippen LogP contribution in [0.25, 0.3) is 0 Å². The molecule has 0 aliphatic rings. The summed E-state index contributed by atoms with van der Waals surface area (Å²) in [6.45, 7) is 0.360. The Kier molecular flexibility index (Phi) is 6.43. The Morgan fingerprint density at radius 3 is 2.85 bits per heavy atom. The van der Waals surface area contributed by atoms with Crippen LogP contribution in [0.2, 0.25) is 0 Å². The van der Waals surface area contributed by atoms with Crippen LogP contribution in [-0.4, -0.2) is 17.4 Å². The normalized spacial score (nSPS) is 8.69. The SMILES string of the molecule is I.NCCC(=O)Nc1ccccn1. The Morgan fingerprint density at radius 1 is 1.54 bits per heavy atom. The molecule has 0 aliphatic carbocycles. The van der Waals surface area contributed by atoms with E-state index in [0.29, 0.717) is 18.8 Å². The van der Waals surface area contributed by atoms with E-state index in [1.54, 1.807) is 18.3 Å². The maximum absolute atomic E-state index is 11.0. The average Bonchev–Trinajstić information content (AvgIpc) is 2.06. The van der Waals surface area contributed by atoms with Crippen molar-refractivity contribution in [3.63, 3.8) is 0 Å². The predicted molar refractivity (Wildman–Crippen MR) is 62.0 cm³/mol. The minimum atomic E-state index is -0.101. The van der Waals surface area contributed by atoms with Gasteiger partial charge in [-0.25, -0.2) is 4.98 Å². The fraction of sp³-hybridized carbons (Fsp3) is 0.250. The molecule has 1 amide bonds. The van der Waals surface area contributed by atoms with Crippen molar-refractivity contribution < 1.29 is 4.79 Å². The summed E-state index contributed by atoms with van der Waals surface area (Å²) >= 11 is 0. The second kappa shape index (κ2) is 6.79. The minimum absolute atomic E-state index is 0. The second-order valence-electron chi connectivity index (χ2n) is 2.30. The highest BCUT2D eigenvalue weighted by atomic mass is 127. The summed E-state index contributed by atoms with van der Waals surface area (Å²) in [6.07, 6.45) is 1.95. The zero-order valence-corrected chi connectivity index (χ0v) is 9.40. The van der Waals surface area contributed by atoms with E-state index in [2.05, 4.69) is 10.3 Å². The first-order valence-electron chi connectivity index (χ1n) is 3.74. The molecule has 3 N–H and O–H groups in total. The number of hydrogen-bond donors (Lipinski definition) is 2. The van der Waals surface area contributed by atoms with Crippen LogP contribution in [0.4, 0.5) is 5.82 Å². The van der Waals surface area contributed by atoms with Crippen molar-refractivity contribution in [2.75, 3.05) is 11.9 Å². The lowest BCUT2D eigenvalue weighted by Gasteiger charge is -2.01. The van der Waals surface area contributed by atoms with Crippen LogP contribution in [0.1, 0.15) is 6.42 Å². The summed E-state index contributed by atoms with van der Waals surface area (Å²) in [6, 6.07) is 5.33. The van der Waals surface area contributed by atoms with Gasteiger partial charge in [-0.15, -0.1) is 24.0 Å². The number of nitrogens with zero attached hydrogens (tertiary/aromatic N) is 1. The van der Waals surface area contributed by atoms with Gasteiger partial charge < -0.3 is 11.1 Å². The molecule has 72 valence electrons. The van der Waals surface area contributed by atoms with Crippen molar-refractivity contribution in [3.05, 3.63) is 24.4 Å². The van der Waals surface area contributed by atoms with E-state index >= 15 is 0 Å². The highest BCUT2D eigenvalue weighted by Gasteiger charge is 1.99. The van der Waals surface area contributed by atoms with Crippen LogP contribution in [0.3, 0.4) is 0 Å². The third-order valence-corrected chi connectivity index (χ3v) is 1.30. The molecule has 0 spiro atoms. The molecule has 0 unspecified atom stereocenters. The quantitative estimate of drug-likeness (QED) is 0.817. The molecule has 0 fully saturated rings. The van der Waals surface area contributed by atoms with E-state index < -0.39 is 0 Å². The van der Waals surface area contributed by atoms with Gasteiger partial charge in [-0.2, -0.15) is 0 Å². The molecule has 1 heterocycles. The van der Waals surface area contributed by atoms with Crippen molar-refractivity contribution in [2.24, 2.45) is 5.73 Å². The summed E-state index contributed by atoms with van der Waals surface area (Å²) in [4.78, 5) is 14.9. The number of nitrogens with two attached hydrogens (primary N) is 1. The number of anilines is 1. The monoisotopic (exact) mass is 293 g/mol. The Balaban J connectivity index is 0.00000144. The minimum Gasteiger partial charge on any atom is -0.330 e. The van der Waals surface area contributed by atoms with Crippen molar-refractivity contribution in [1.82, 2.24) is 4.98 Å². The van der Waals surface area contributed by atoms with Gasteiger partial charge in [0, 0.05) is 19.2 Å². The summed E-state index contributed by atoms with van der Waals surface area (Å²) in [5.41, 5.74) is 5.20. The maximum atomic E-state index is 11.0. The van der Waals surface area contributed by atoms with Gasteiger partial charge in [-0.1, -0.05) is 6.07 Å². The molecule has 0 aliphatic heterocycles. The lowest BCUT2D eigenvalue weighted by Crippen LogP contribution is -2.16. The standard InChI is InChI=1S/C8H11N3O.HI/c9-5-4-8(12)11-7-3-1-2-6-10-7;/h1-3,6H,4-5,9H2,(H,10,11,12);1H. The number of aromatic nitrogens is 1. The number of rotatable bonds is 3. The molecule has 0 saturated heterocycles. The Hall–Kier alpha value is -0.690. The van der Waals surface area contributed by atoms with Crippen LogP contribution < -0.4 is 11.1 Å². The van der Waals surface area contributed by atoms with Gasteiger partial charge in [-0.05, 0) is 12.1 Å². The molecule has 1 rings (SSSR count). The Bertz CT molecular complexity index is 253. The molecule has 4 nitrogen and oxygen atoms in total. The highest BCUT2D eigenvalue weighted by molar-refractivity contribution is 14.0. The van der Waals surface area contributed by atoms with E-state index in [0.717, 1.165) is 0 Å². The van der Waals surface area contributed by atoms with E-state index in [4.69, 9.17) is 5.73 Å². The van der Waals surface area contributed by atoms with Crippen molar-refractivity contribution in [3.8, 4) is 0 Å². The second-order valence-corrected chi connectivity index (χ2v) is 2.30. The predicted octanol–water partition coefficient (Wildman–Crippen LogP) is 0.987. The molecular formula is C8H12IN3O. The molecule has 0 aromatic carbocycles. The first-order valence-corrected chi connectivity index (χ1v) is 3.74. The first kappa shape index (κ1) is 12.3. The third kappa shape index (κ3) is 4.79. The smallest absolute Gasteiger partial charge is 0.226 e. The molecule has 5 heteroatoms. The van der Waals surface area contributed by atoms with Gasteiger partial charge in [0.05, 0.1) is 0 Å². The summed E-state index contributed by atoms with van der Waals surface area (Å²) in [5, 5.41) is 2.61. The largest absolute Gasteiger partial charge is 0.330 e. The van der Waals surface area contributed by atoms with E-state index in [9.17, 15) is 4.79 Å². The molecular weight excluding hydrogens is 281 g/mol. The zero-order valence-electron chi connectivity index (χ0n) is 7.06. The van der Waals surface area contributed by atoms with E-state index in [1.807, 2.05) is 6.07 Å². The average molecular weight is 293 g/mol. The molecule has 1 aromatic rings. The number of amides is 1. The van der Waals surface area contributed by atoms with Crippen molar-refractivity contribution in [2.45, 2.75) is 6.42 Å². The maximum Gasteiger partial charge on any atom is 0.226 e. The Labute approximate surface area is 93.9 Å². The third-order valence-electron chi connectivity index (χ3n) is 1.30. The lowest BCUT2D eigenvalue weighted by molar-refractivity contribution is -0.116. The van der Waals surface area contributed by atoms with Gasteiger partial charge in [0.2, 0.25) is 5.91 Å². The number of hydrogen-bond acceptors (Lipinski definition) is 3. The van der Waals surface area contributed by atoms with E-state index in [-0.39, 0.29) is 29.9 Å². The van der Waals surface area contributed by atoms with Gasteiger partial charge >= 0.3 is 0 Å². The molecule has 0 saturated carbocycles. The van der Waals surface area contributed by atoms with Crippen molar-refractivity contribution in [1.29, 1.82) is 0 Å². The lowest BCUT2D eigenvalue weighted by atomic mass is 10.4. The molecule has 13 heavy (non-hydrogen) atoms. The summed E-state index contributed by atoms with van der Waals surface area (Å²) in [7, 11) is 0. The number of nitrogens with one attached hydrogen (secondary N) is 1. The number of carbonyl (C=O) groups excluding carboxylic acids is 1. The van der Waals surface area contributed by atoms with Gasteiger partial charge in [0.15, 0.2) is 0 Å². The number of halogens is 1. The number of carbonyl (C=O) groups is 1. The van der Waals surface area contributed by atoms with Gasteiger partial charge in [0.25, 0.3) is 0 Å². The molecule has 0 radical (unpaired) electrons. The number of pyridine rings is 1. The highest BCUT2D eigenvalue weighted by Crippen LogP contribution is 1.99. The van der Waals surface area contributed by atoms with Crippen LogP contribution >= 0.6 is 24.0 Å². The van der Waals surface area contributed by atoms with Crippen LogP contribution in [0.5, 0.6) is 0 Å². The first-order chi connectivity index (χ1) is 5.83. The summed E-state index contributed by atoms with van der Waals surface area (Å²) in [5.74, 6) is 0.465. The van der Waals surface area contributed by atoms with Crippen molar-refractivity contribution >= 4 is 35.7 Å². The van der Waals surface area contributed by atoms with Gasteiger partial charge in [0.1, 0.15) is 5.82 Å².